The third-order valence-electron chi connectivity index (χ3n) is 3.11. The second kappa shape index (κ2) is 7.31. The van der Waals surface area contributed by atoms with Gasteiger partial charge in [0.2, 0.25) is 0 Å². The molecule has 0 radical (unpaired) electrons. The average molecular weight is 245 g/mol. The van der Waals surface area contributed by atoms with Crippen LogP contribution < -0.4 is 0 Å². The summed E-state index contributed by atoms with van der Waals surface area (Å²) in [4.78, 5) is 2.25. The molecule has 0 spiro atoms. The first-order valence-electron chi connectivity index (χ1n) is 6.68. The number of hydrogen-bond donors (Lipinski definition) is 1. The number of nitrogens with zero attached hydrogens (tertiary/aromatic N) is 1. The summed E-state index contributed by atoms with van der Waals surface area (Å²) in [6, 6.07) is 0. The Morgan fingerprint density at radius 1 is 1.35 bits per heavy atom. The van der Waals surface area contributed by atoms with Crippen LogP contribution in [0.4, 0.5) is 0 Å². The van der Waals surface area contributed by atoms with Gasteiger partial charge in [-0.25, -0.2) is 0 Å². The van der Waals surface area contributed by atoms with Gasteiger partial charge in [-0.15, -0.1) is 0 Å². The molecule has 4 nitrogen and oxygen atoms in total. The SMILES string of the molecule is CCC(C)OCC(O)CN1CC(C)OC(C)C1. The minimum absolute atomic E-state index is 0.229. The zero-order valence-corrected chi connectivity index (χ0v) is 11.6. The maximum atomic E-state index is 9.91. The van der Waals surface area contributed by atoms with Crippen LogP contribution in [0, 0.1) is 0 Å². The molecule has 4 atom stereocenters. The predicted molar refractivity (Wildman–Crippen MR) is 68.2 cm³/mol. The molecular formula is C13H27NO3. The number of ether oxygens (including phenoxy) is 2. The molecular weight excluding hydrogens is 218 g/mol. The number of morpholine rings is 1. The zero-order valence-electron chi connectivity index (χ0n) is 11.6. The van der Waals surface area contributed by atoms with Gasteiger partial charge in [-0.1, -0.05) is 6.92 Å². The minimum atomic E-state index is -0.401. The van der Waals surface area contributed by atoms with Crippen LogP contribution in [0.15, 0.2) is 0 Å². The summed E-state index contributed by atoms with van der Waals surface area (Å²) in [5.74, 6) is 0. The van der Waals surface area contributed by atoms with Crippen molar-refractivity contribution in [2.24, 2.45) is 0 Å². The van der Waals surface area contributed by atoms with Crippen LogP contribution in [0.1, 0.15) is 34.1 Å². The van der Waals surface area contributed by atoms with Gasteiger partial charge in [0.15, 0.2) is 0 Å². The molecule has 0 aromatic carbocycles. The van der Waals surface area contributed by atoms with Gasteiger partial charge in [-0.05, 0) is 27.2 Å². The summed E-state index contributed by atoms with van der Waals surface area (Å²) < 4.78 is 11.2. The van der Waals surface area contributed by atoms with E-state index < -0.39 is 6.10 Å². The molecule has 1 aliphatic heterocycles. The van der Waals surface area contributed by atoms with E-state index >= 15 is 0 Å². The topological polar surface area (TPSA) is 41.9 Å². The Kier molecular flexibility index (Phi) is 6.41. The number of aliphatic hydroxyl groups excluding tert-OH is 1. The van der Waals surface area contributed by atoms with Crippen molar-refractivity contribution in [1.29, 1.82) is 0 Å². The van der Waals surface area contributed by atoms with Crippen molar-refractivity contribution in [3.63, 3.8) is 0 Å². The third kappa shape index (κ3) is 5.82. The molecule has 4 unspecified atom stereocenters. The van der Waals surface area contributed by atoms with Crippen LogP contribution in [0.2, 0.25) is 0 Å². The van der Waals surface area contributed by atoms with Crippen molar-refractivity contribution in [3.05, 3.63) is 0 Å². The Morgan fingerprint density at radius 3 is 2.47 bits per heavy atom. The monoisotopic (exact) mass is 245 g/mol. The Balaban J connectivity index is 2.23. The number of rotatable bonds is 6. The minimum Gasteiger partial charge on any atom is -0.389 e. The lowest BCUT2D eigenvalue weighted by atomic mass is 10.2. The quantitative estimate of drug-likeness (QED) is 0.765. The second-order valence-corrected chi connectivity index (χ2v) is 5.18. The van der Waals surface area contributed by atoms with Crippen molar-refractivity contribution < 1.29 is 14.6 Å². The molecule has 1 fully saturated rings. The van der Waals surface area contributed by atoms with Gasteiger partial charge in [-0.3, -0.25) is 4.90 Å². The molecule has 0 aromatic rings. The van der Waals surface area contributed by atoms with E-state index in [1.165, 1.54) is 0 Å². The molecule has 0 saturated carbocycles. The highest BCUT2D eigenvalue weighted by Gasteiger charge is 2.23. The Morgan fingerprint density at radius 2 is 1.94 bits per heavy atom. The molecule has 1 heterocycles. The van der Waals surface area contributed by atoms with E-state index in [0.29, 0.717) is 13.2 Å². The maximum Gasteiger partial charge on any atom is 0.0900 e. The van der Waals surface area contributed by atoms with E-state index in [1.54, 1.807) is 0 Å². The van der Waals surface area contributed by atoms with Crippen LogP contribution >= 0.6 is 0 Å². The normalized spacial score (nSPS) is 30.2. The second-order valence-electron chi connectivity index (χ2n) is 5.18. The molecule has 4 heteroatoms. The fraction of sp³-hybridized carbons (Fsp3) is 1.00. The number of β-amino-alcohol motifs (C(OH)–C–C–N with tert-alkyl or cyclic N) is 1. The van der Waals surface area contributed by atoms with Gasteiger partial charge in [0.1, 0.15) is 0 Å². The molecule has 1 saturated heterocycles. The first-order valence-corrected chi connectivity index (χ1v) is 6.68. The van der Waals surface area contributed by atoms with Crippen LogP contribution in [0.3, 0.4) is 0 Å². The van der Waals surface area contributed by atoms with Crippen LogP contribution in [0.5, 0.6) is 0 Å². The van der Waals surface area contributed by atoms with Gasteiger partial charge in [0.05, 0.1) is 31.0 Å². The van der Waals surface area contributed by atoms with Gasteiger partial charge >= 0.3 is 0 Å². The highest BCUT2D eigenvalue weighted by atomic mass is 16.5. The van der Waals surface area contributed by atoms with E-state index in [4.69, 9.17) is 9.47 Å². The number of hydrogen-bond acceptors (Lipinski definition) is 4. The van der Waals surface area contributed by atoms with Crippen molar-refractivity contribution >= 4 is 0 Å². The summed E-state index contributed by atoms with van der Waals surface area (Å²) in [6.07, 6.45) is 1.31. The lowest BCUT2D eigenvalue weighted by Crippen LogP contribution is -2.48. The highest BCUT2D eigenvalue weighted by molar-refractivity contribution is 4.75. The first-order chi connectivity index (χ1) is 8.01. The Hall–Kier alpha value is -0.160. The maximum absolute atomic E-state index is 9.91. The van der Waals surface area contributed by atoms with E-state index in [2.05, 4.69) is 25.7 Å². The summed E-state index contributed by atoms with van der Waals surface area (Å²) in [5.41, 5.74) is 0. The van der Waals surface area contributed by atoms with Crippen molar-refractivity contribution in [3.8, 4) is 0 Å². The Bertz CT molecular complexity index is 203. The van der Waals surface area contributed by atoms with E-state index in [1.807, 2.05) is 6.92 Å². The van der Waals surface area contributed by atoms with Crippen LogP contribution in [0.25, 0.3) is 0 Å². The zero-order chi connectivity index (χ0) is 12.8. The van der Waals surface area contributed by atoms with E-state index in [0.717, 1.165) is 19.5 Å². The molecule has 1 rings (SSSR count). The third-order valence-corrected chi connectivity index (χ3v) is 3.11. The lowest BCUT2D eigenvalue weighted by molar-refractivity contribution is -0.0851. The summed E-state index contributed by atoms with van der Waals surface area (Å²) >= 11 is 0. The fourth-order valence-corrected chi connectivity index (χ4v) is 2.18. The smallest absolute Gasteiger partial charge is 0.0900 e. The average Bonchev–Trinajstić information content (AvgIpc) is 2.24. The largest absolute Gasteiger partial charge is 0.389 e. The summed E-state index contributed by atoms with van der Waals surface area (Å²) in [6.45, 7) is 11.2. The molecule has 0 amide bonds. The molecule has 0 aliphatic carbocycles. The number of aliphatic hydroxyl groups is 1. The predicted octanol–water partition coefficient (Wildman–Crippen LogP) is 1.27. The van der Waals surface area contributed by atoms with Crippen LogP contribution in [-0.2, 0) is 9.47 Å². The van der Waals surface area contributed by atoms with Crippen molar-refractivity contribution in [2.45, 2.75) is 58.5 Å². The molecule has 0 aromatic heterocycles. The molecule has 17 heavy (non-hydrogen) atoms. The van der Waals surface area contributed by atoms with Gasteiger partial charge in [-0.2, -0.15) is 0 Å². The van der Waals surface area contributed by atoms with Gasteiger partial charge < -0.3 is 14.6 Å². The van der Waals surface area contributed by atoms with E-state index in [9.17, 15) is 5.11 Å². The van der Waals surface area contributed by atoms with Crippen molar-refractivity contribution in [1.82, 2.24) is 4.90 Å². The highest BCUT2D eigenvalue weighted by Crippen LogP contribution is 2.11. The van der Waals surface area contributed by atoms with Gasteiger partial charge in [0.25, 0.3) is 0 Å². The first kappa shape index (κ1) is 14.9. The lowest BCUT2D eigenvalue weighted by Gasteiger charge is -2.36. The van der Waals surface area contributed by atoms with Crippen molar-refractivity contribution in [2.75, 3.05) is 26.2 Å². The Labute approximate surface area is 105 Å². The van der Waals surface area contributed by atoms with E-state index in [-0.39, 0.29) is 18.3 Å². The van der Waals surface area contributed by atoms with Gasteiger partial charge in [0, 0.05) is 19.6 Å². The van der Waals surface area contributed by atoms with Crippen LogP contribution in [-0.4, -0.2) is 60.7 Å². The summed E-state index contributed by atoms with van der Waals surface area (Å²) in [7, 11) is 0. The molecule has 1 aliphatic rings. The summed E-state index contributed by atoms with van der Waals surface area (Å²) in [5, 5.41) is 9.91. The molecule has 1 N–H and O–H groups in total. The standard InChI is InChI=1S/C13H27NO3/c1-5-10(2)16-9-13(15)8-14-6-11(3)17-12(4)7-14/h10-13,15H,5-9H2,1-4H3. The molecule has 0 bridgehead atoms. The molecule has 102 valence electrons. The fourth-order valence-electron chi connectivity index (χ4n) is 2.18.